The maximum atomic E-state index is 13.8. The van der Waals surface area contributed by atoms with Gasteiger partial charge in [0.25, 0.3) is 5.91 Å². The molecular weight excluding hydrogens is 993 g/mol. The normalized spacial score (nSPS) is 13.0. The summed E-state index contributed by atoms with van der Waals surface area (Å²) in [7, 11) is 3.06. The fourth-order valence-corrected chi connectivity index (χ4v) is 8.43. The van der Waals surface area contributed by atoms with E-state index in [-0.39, 0.29) is 80.4 Å². The number of carbonyl (C=O) groups excluding carboxylic acids is 9. The molecule has 0 saturated heterocycles. The van der Waals surface area contributed by atoms with Crippen LogP contribution in [0.4, 0.5) is 26.7 Å². The zero-order valence-corrected chi connectivity index (χ0v) is 44.1. The molecule has 0 saturated carbocycles. The number of anilines is 2. The van der Waals surface area contributed by atoms with Gasteiger partial charge in [0.15, 0.2) is 0 Å². The Kier molecular flexibility index (Phi) is 23.1. The molecule has 412 valence electrons. The number of carbonyl (C=O) groups is 9. The average molecular weight is 1060 g/mol. The van der Waals surface area contributed by atoms with Crippen molar-refractivity contribution in [2.75, 3.05) is 64.1 Å². The highest BCUT2D eigenvalue weighted by Crippen LogP contribution is 2.34. The van der Waals surface area contributed by atoms with E-state index >= 15 is 0 Å². The third-order valence-electron chi connectivity index (χ3n) is 12.4. The van der Waals surface area contributed by atoms with E-state index in [1.165, 1.54) is 23.0 Å². The van der Waals surface area contributed by atoms with Gasteiger partial charge >= 0.3 is 12.1 Å². The van der Waals surface area contributed by atoms with Gasteiger partial charge in [0, 0.05) is 87.6 Å². The molecule has 0 fully saturated rings. The molecule has 2 aliphatic rings. The highest BCUT2D eigenvalue weighted by molar-refractivity contribution is 6.09. The number of nitrogens with one attached hydrogen (secondary N) is 5. The first-order chi connectivity index (χ1) is 37.0. The van der Waals surface area contributed by atoms with E-state index in [0.29, 0.717) is 104 Å². The van der Waals surface area contributed by atoms with Crippen molar-refractivity contribution >= 4 is 82.8 Å². The molecule has 3 heterocycles. The van der Waals surface area contributed by atoms with E-state index in [1.807, 2.05) is 18.7 Å². The number of rotatable bonds is 27. The van der Waals surface area contributed by atoms with Crippen LogP contribution in [0.1, 0.15) is 104 Å². The van der Waals surface area contributed by atoms with Gasteiger partial charge in [-0.3, -0.25) is 38.5 Å². The van der Waals surface area contributed by atoms with Gasteiger partial charge in [-0.1, -0.05) is 32.4 Å². The van der Waals surface area contributed by atoms with Crippen LogP contribution in [0.5, 0.6) is 5.75 Å². The molecule has 0 unspecified atom stereocenters. The van der Waals surface area contributed by atoms with Gasteiger partial charge in [0.2, 0.25) is 29.5 Å². The summed E-state index contributed by atoms with van der Waals surface area (Å²) in [6.45, 7) is 5.93. The number of benzene rings is 2. The number of aromatic nitrogens is 1. The molecule has 0 spiro atoms. The van der Waals surface area contributed by atoms with Gasteiger partial charge in [-0.2, -0.15) is 0 Å². The number of primary amides is 1. The molecule has 9 N–H and O–H groups in total. The Balaban J connectivity index is 1.11. The molecule has 0 radical (unpaired) electrons. The lowest BCUT2D eigenvalue weighted by atomic mass is 10.0. The van der Waals surface area contributed by atoms with Crippen LogP contribution in [0.25, 0.3) is 6.08 Å². The summed E-state index contributed by atoms with van der Waals surface area (Å²) >= 11 is 0. The summed E-state index contributed by atoms with van der Waals surface area (Å²) in [6.07, 6.45) is 10.2. The van der Waals surface area contributed by atoms with Crippen molar-refractivity contribution in [1.82, 2.24) is 35.6 Å². The Morgan fingerprint density at radius 2 is 1.65 bits per heavy atom. The summed E-state index contributed by atoms with van der Waals surface area (Å²) in [5, 5.41) is 13.3. The third kappa shape index (κ3) is 18.6. The third-order valence-corrected chi connectivity index (χ3v) is 12.4. The molecule has 23 nitrogen and oxygen atoms in total. The predicted octanol–water partition coefficient (Wildman–Crippen LogP) is 4.22. The number of hydrogen-bond acceptors (Lipinski definition) is 14. The Morgan fingerprint density at radius 1 is 0.896 bits per heavy atom. The van der Waals surface area contributed by atoms with E-state index in [1.54, 1.807) is 61.8 Å². The maximum Gasteiger partial charge on any atom is 0.410 e. The number of aldehydes is 1. The second-order valence-corrected chi connectivity index (χ2v) is 18.4. The van der Waals surface area contributed by atoms with Gasteiger partial charge in [-0.05, 0) is 92.1 Å². The van der Waals surface area contributed by atoms with E-state index in [4.69, 9.17) is 20.9 Å². The highest BCUT2D eigenvalue weighted by atomic mass is 16.6. The summed E-state index contributed by atoms with van der Waals surface area (Å²) < 4.78 is 11.3. The fraction of sp³-hybridized carbons (Fsp3) is 0.426. The molecule has 5 rings (SSSR count). The number of allylic oxidation sites excluding steroid dienone is 1. The number of likely N-dealkylation sites (N-methyl/N-ethyl adjacent to an activating group) is 1. The van der Waals surface area contributed by atoms with Crippen molar-refractivity contribution in [2.45, 2.75) is 97.2 Å². The SMILES string of the molecule is CCCN(CCC)C(=O)C1=Cc2cc(OC)c(C(=O)Nc3cnc4c(c3)CN(C(=O)OCc3ccc(NC(=O)[C@H](CCCNC(N)=O)NC(=O)CNC(=O)CCCCCN(C)C(=O)/C=C\C=O)cc3)CC4)cc2N=C(N)C1. The smallest absolute Gasteiger partial charge is 0.410 e. The minimum Gasteiger partial charge on any atom is -0.496 e. The van der Waals surface area contributed by atoms with Gasteiger partial charge in [0.05, 0.1) is 43.3 Å². The number of amides is 9. The topological polar surface area (TPSA) is 319 Å². The number of amidine groups is 1. The molecule has 9 amide bonds. The second-order valence-electron chi connectivity index (χ2n) is 18.4. The molecule has 23 heteroatoms. The van der Waals surface area contributed by atoms with Crippen molar-refractivity contribution in [2.24, 2.45) is 16.5 Å². The fourth-order valence-electron chi connectivity index (χ4n) is 8.43. The van der Waals surface area contributed by atoms with Gasteiger partial charge in [-0.15, -0.1) is 0 Å². The van der Waals surface area contributed by atoms with Crippen molar-refractivity contribution in [3.63, 3.8) is 0 Å². The number of hydrogen-bond donors (Lipinski definition) is 7. The standard InChI is InChI=1S/C54H70N12O11/c1-5-21-65(22-6-2)52(73)37-26-36-28-45(76-4)41(30-44(36)62-46(55)29-37)50(71)61-40-27-38-33-66(24-19-42(38)58-31-40)54(75)77-34-35-15-17-39(18-16-35)60-51(72)43(12-10-20-57-53(56)74)63-48(69)32-59-47(68)13-8-7-9-23-64(3)49(70)14-11-25-67/h11,14-18,25-28,30-31,43H,5-10,12-13,19-24,29,32-34H2,1-4H3,(H2,55,62)(H,59,68)(H,60,72)(H,61,71)(H,63,69)(H3,56,57,74)/b14-11-/t43-/m0/s1. The molecule has 0 bridgehead atoms. The molecule has 3 aromatic rings. The van der Waals surface area contributed by atoms with Crippen LogP contribution >= 0.6 is 0 Å². The molecule has 2 aliphatic heterocycles. The number of urea groups is 1. The maximum absolute atomic E-state index is 13.8. The first-order valence-corrected chi connectivity index (χ1v) is 25.6. The molecule has 1 atom stereocenters. The van der Waals surface area contributed by atoms with Crippen molar-refractivity contribution in [1.29, 1.82) is 0 Å². The zero-order valence-electron chi connectivity index (χ0n) is 44.1. The number of pyridine rings is 1. The van der Waals surface area contributed by atoms with Crippen molar-refractivity contribution < 1.29 is 52.6 Å². The lowest BCUT2D eigenvalue weighted by molar-refractivity contribution is -0.128. The zero-order chi connectivity index (χ0) is 55.9. The number of fused-ring (bicyclic) bond motifs is 2. The Hall–Kier alpha value is -8.63. The Labute approximate surface area is 447 Å². The van der Waals surface area contributed by atoms with Crippen LogP contribution in [0, 0.1) is 0 Å². The summed E-state index contributed by atoms with van der Waals surface area (Å²) in [6, 6.07) is 9.78. The monoisotopic (exact) mass is 1060 g/mol. The van der Waals surface area contributed by atoms with Gasteiger partial charge < -0.3 is 62.2 Å². The first kappa shape index (κ1) is 59.2. The molecule has 1 aromatic heterocycles. The minimum absolute atomic E-state index is 0.0799. The quantitative estimate of drug-likeness (QED) is 0.0320. The van der Waals surface area contributed by atoms with E-state index in [2.05, 4.69) is 36.6 Å². The second kappa shape index (κ2) is 30.1. The number of nitrogens with zero attached hydrogens (tertiary/aromatic N) is 5. The number of nitrogens with two attached hydrogens (primary N) is 2. The first-order valence-electron chi connectivity index (χ1n) is 25.6. The lowest BCUT2D eigenvalue weighted by Crippen LogP contribution is -2.47. The Morgan fingerprint density at radius 3 is 2.35 bits per heavy atom. The summed E-state index contributed by atoms with van der Waals surface area (Å²) in [5.41, 5.74) is 16.0. The van der Waals surface area contributed by atoms with E-state index < -0.39 is 35.9 Å². The number of unbranched alkanes of at least 4 members (excludes halogenated alkanes) is 2. The van der Waals surface area contributed by atoms with E-state index in [9.17, 15) is 43.2 Å². The van der Waals surface area contributed by atoms with Crippen LogP contribution in [-0.2, 0) is 53.1 Å². The van der Waals surface area contributed by atoms with Crippen molar-refractivity contribution in [3.05, 3.63) is 94.3 Å². The predicted molar refractivity (Wildman–Crippen MR) is 289 cm³/mol. The molecular formula is C54H70N12O11. The number of methoxy groups -OCH3 is 1. The summed E-state index contributed by atoms with van der Waals surface area (Å²) in [5.74, 6) is -1.92. The number of aliphatic imine (C=N–C) groups is 1. The van der Waals surface area contributed by atoms with Crippen LogP contribution in [0.2, 0.25) is 0 Å². The molecule has 2 aromatic carbocycles. The van der Waals surface area contributed by atoms with E-state index in [0.717, 1.165) is 24.6 Å². The minimum atomic E-state index is -1.04. The molecule has 77 heavy (non-hydrogen) atoms. The lowest BCUT2D eigenvalue weighted by Gasteiger charge is -2.28. The largest absolute Gasteiger partial charge is 0.496 e. The van der Waals surface area contributed by atoms with Gasteiger partial charge in [-0.25, -0.2) is 14.6 Å². The molecule has 0 aliphatic carbocycles. The Bertz CT molecular complexity index is 2720. The highest BCUT2D eigenvalue weighted by Gasteiger charge is 2.27. The number of ether oxygens (including phenoxy) is 2. The summed E-state index contributed by atoms with van der Waals surface area (Å²) in [4.78, 5) is 127. The van der Waals surface area contributed by atoms with Crippen LogP contribution in [0.15, 0.2) is 71.4 Å². The van der Waals surface area contributed by atoms with Crippen molar-refractivity contribution in [3.8, 4) is 5.75 Å². The van der Waals surface area contributed by atoms with Crippen LogP contribution < -0.4 is 42.8 Å². The van der Waals surface area contributed by atoms with Gasteiger partial charge in [0.1, 0.15) is 30.5 Å². The average Bonchev–Trinajstić information content (AvgIpc) is 3.59. The van der Waals surface area contributed by atoms with Crippen LogP contribution in [-0.4, -0.2) is 139 Å². The van der Waals surface area contributed by atoms with Crippen LogP contribution in [0.3, 0.4) is 0 Å².